The van der Waals surface area contributed by atoms with Gasteiger partial charge in [-0.1, -0.05) is 12.1 Å². The number of pyridine rings is 1. The molecule has 26 heavy (non-hydrogen) atoms. The van der Waals surface area contributed by atoms with Crippen molar-refractivity contribution in [2.75, 3.05) is 19.7 Å². The number of β-amino-alcohol motifs (C(OH)–C–C–N with tert-alkyl or cyclic N) is 1. The molecule has 2 heterocycles. The van der Waals surface area contributed by atoms with E-state index in [0.29, 0.717) is 37.4 Å². The van der Waals surface area contributed by atoms with Crippen LogP contribution in [0.3, 0.4) is 0 Å². The van der Waals surface area contributed by atoms with Gasteiger partial charge in [0.15, 0.2) is 0 Å². The van der Waals surface area contributed by atoms with Gasteiger partial charge >= 0.3 is 0 Å². The number of aliphatic hydroxyl groups excluding tert-OH is 1. The Morgan fingerprint density at radius 3 is 2.96 bits per heavy atom. The summed E-state index contributed by atoms with van der Waals surface area (Å²) in [4.78, 5) is 19.0. The Morgan fingerprint density at radius 2 is 2.23 bits per heavy atom. The van der Waals surface area contributed by atoms with E-state index < -0.39 is 6.10 Å². The number of piperidine rings is 1. The average Bonchev–Trinajstić information content (AvgIpc) is 2.65. The first kappa shape index (κ1) is 18.4. The molecule has 1 aliphatic rings. The standard InChI is InChI=1S/C20H25N3O3/c1-2-26-17-8-5-6-15(12-17)20(25)22-18-9-11-23(14-19(18)24)13-16-7-3-4-10-21-16/h3-8,10,12,18-19,24H,2,9,11,13-14H2,1H3,(H,22,25)/t18-,19-/m0/s1. The number of hydrogen-bond acceptors (Lipinski definition) is 5. The lowest BCUT2D eigenvalue weighted by molar-refractivity contribution is 0.0345. The van der Waals surface area contributed by atoms with E-state index in [-0.39, 0.29) is 11.9 Å². The third-order valence-electron chi connectivity index (χ3n) is 4.50. The number of aromatic nitrogens is 1. The number of ether oxygens (including phenoxy) is 1. The molecular formula is C20H25N3O3. The summed E-state index contributed by atoms with van der Waals surface area (Å²) in [7, 11) is 0. The van der Waals surface area contributed by atoms with Crippen molar-refractivity contribution < 1.29 is 14.6 Å². The summed E-state index contributed by atoms with van der Waals surface area (Å²) in [5.41, 5.74) is 1.52. The Hall–Kier alpha value is -2.44. The highest BCUT2D eigenvalue weighted by atomic mass is 16.5. The summed E-state index contributed by atoms with van der Waals surface area (Å²) in [6.07, 6.45) is 1.87. The largest absolute Gasteiger partial charge is 0.494 e. The van der Waals surface area contributed by atoms with Crippen LogP contribution < -0.4 is 10.1 Å². The highest BCUT2D eigenvalue weighted by molar-refractivity contribution is 5.94. The van der Waals surface area contributed by atoms with Gasteiger partial charge in [0.2, 0.25) is 0 Å². The molecule has 1 amide bonds. The Balaban J connectivity index is 1.54. The van der Waals surface area contributed by atoms with Crippen LogP contribution in [0, 0.1) is 0 Å². The minimum Gasteiger partial charge on any atom is -0.494 e. The molecule has 1 fully saturated rings. The maximum Gasteiger partial charge on any atom is 0.251 e. The van der Waals surface area contributed by atoms with Gasteiger partial charge in [-0.05, 0) is 43.7 Å². The Kier molecular flexibility index (Phi) is 6.20. The zero-order chi connectivity index (χ0) is 18.4. The number of rotatable bonds is 6. The molecule has 1 aromatic carbocycles. The maximum absolute atomic E-state index is 12.5. The van der Waals surface area contributed by atoms with E-state index in [1.54, 1.807) is 24.4 Å². The summed E-state index contributed by atoms with van der Waals surface area (Å²) >= 11 is 0. The Labute approximate surface area is 153 Å². The maximum atomic E-state index is 12.5. The summed E-state index contributed by atoms with van der Waals surface area (Å²) in [5.74, 6) is 0.486. The van der Waals surface area contributed by atoms with Crippen molar-refractivity contribution in [3.63, 3.8) is 0 Å². The first-order chi connectivity index (χ1) is 12.7. The molecule has 1 aromatic heterocycles. The van der Waals surface area contributed by atoms with E-state index in [2.05, 4.69) is 15.2 Å². The number of likely N-dealkylation sites (tertiary alicyclic amines) is 1. The number of nitrogens with one attached hydrogen (secondary N) is 1. The van der Waals surface area contributed by atoms with Crippen molar-refractivity contribution in [2.24, 2.45) is 0 Å². The number of amides is 1. The van der Waals surface area contributed by atoms with E-state index >= 15 is 0 Å². The predicted octanol–water partition coefficient (Wildman–Crippen LogP) is 1.85. The molecule has 2 N–H and O–H groups in total. The second kappa shape index (κ2) is 8.78. The molecule has 0 aliphatic carbocycles. The third kappa shape index (κ3) is 4.80. The molecule has 6 heteroatoms. The quantitative estimate of drug-likeness (QED) is 0.827. The van der Waals surface area contributed by atoms with Crippen LogP contribution in [0.5, 0.6) is 5.75 Å². The van der Waals surface area contributed by atoms with Crippen molar-refractivity contribution >= 4 is 5.91 Å². The van der Waals surface area contributed by atoms with E-state index in [4.69, 9.17) is 4.74 Å². The number of nitrogens with zero attached hydrogens (tertiary/aromatic N) is 2. The number of aliphatic hydroxyl groups is 1. The van der Waals surface area contributed by atoms with Gasteiger partial charge in [0.05, 0.1) is 24.4 Å². The van der Waals surface area contributed by atoms with Gasteiger partial charge in [0.25, 0.3) is 5.91 Å². The van der Waals surface area contributed by atoms with Crippen molar-refractivity contribution in [2.45, 2.75) is 32.0 Å². The molecule has 3 rings (SSSR count). The predicted molar refractivity (Wildman–Crippen MR) is 99.0 cm³/mol. The van der Waals surface area contributed by atoms with Crippen LogP contribution in [0.1, 0.15) is 29.4 Å². The second-order valence-corrected chi connectivity index (χ2v) is 6.45. The number of carbonyl (C=O) groups excluding carboxylic acids is 1. The molecule has 0 unspecified atom stereocenters. The fraction of sp³-hybridized carbons (Fsp3) is 0.400. The Bertz CT molecular complexity index is 723. The lowest BCUT2D eigenvalue weighted by Crippen LogP contribution is -2.53. The Morgan fingerprint density at radius 1 is 1.35 bits per heavy atom. The van der Waals surface area contributed by atoms with Crippen LogP contribution in [0.4, 0.5) is 0 Å². The van der Waals surface area contributed by atoms with Crippen LogP contribution >= 0.6 is 0 Å². The molecule has 0 saturated carbocycles. The van der Waals surface area contributed by atoms with Gasteiger partial charge in [-0.25, -0.2) is 0 Å². The summed E-state index contributed by atoms with van der Waals surface area (Å²) < 4.78 is 5.44. The fourth-order valence-corrected chi connectivity index (χ4v) is 3.18. The smallest absolute Gasteiger partial charge is 0.251 e. The van der Waals surface area contributed by atoms with E-state index in [9.17, 15) is 9.90 Å². The summed E-state index contributed by atoms with van der Waals surface area (Å²) in [6.45, 7) is 4.48. The van der Waals surface area contributed by atoms with E-state index in [0.717, 1.165) is 12.2 Å². The highest BCUT2D eigenvalue weighted by Gasteiger charge is 2.29. The number of carbonyl (C=O) groups is 1. The van der Waals surface area contributed by atoms with Crippen LogP contribution in [-0.2, 0) is 6.54 Å². The van der Waals surface area contributed by atoms with Crippen molar-refractivity contribution in [1.82, 2.24) is 15.2 Å². The van der Waals surface area contributed by atoms with Gasteiger partial charge in [0.1, 0.15) is 5.75 Å². The van der Waals surface area contributed by atoms with Crippen LogP contribution in [-0.4, -0.2) is 52.7 Å². The molecule has 0 radical (unpaired) electrons. The summed E-state index contributed by atoms with van der Waals surface area (Å²) in [6, 6.07) is 12.7. The van der Waals surface area contributed by atoms with Crippen LogP contribution in [0.25, 0.3) is 0 Å². The zero-order valence-corrected chi connectivity index (χ0v) is 15.0. The molecule has 138 valence electrons. The van der Waals surface area contributed by atoms with Crippen molar-refractivity contribution in [3.8, 4) is 5.75 Å². The van der Waals surface area contributed by atoms with Crippen molar-refractivity contribution in [1.29, 1.82) is 0 Å². The minimum atomic E-state index is -0.605. The number of hydrogen-bond donors (Lipinski definition) is 2. The summed E-state index contributed by atoms with van der Waals surface area (Å²) in [5, 5.41) is 13.4. The van der Waals surface area contributed by atoms with Gasteiger partial charge in [-0.2, -0.15) is 0 Å². The minimum absolute atomic E-state index is 0.186. The molecule has 0 bridgehead atoms. The van der Waals surface area contributed by atoms with Crippen LogP contribution in [0.2, 0.25) is 0 Å². The topological polar surface area (TPSA) is 74.7 Å². The monoisotopic (exact) mass is 355 g/mol. The van der Waals surface area contributed by atoms with Crippen molar-refractivity contribution in [3.05, 3.63) is 59.9 Å². The molecule has 1 aliphatic heterocycles. The van der Waals surface area contributed by atoms with Gasteiger partial charge in [-0.15, -0.1) is 0 Å². The highest BCUT2D eigenvalue weighted by Crippen LogP contribution is 2.16. The normalized spacial score (nSPS) is 20.5. The molecule has 0 spiro atoms. The average molecular weight is 355 g/mol. The zero-order valence-electron chi connectivity index (χ0n) is 15.0. The van der Waals surface area contributed by atoms with Gasteiger partial charge in [0, 0.05) is 31.4 Å². The third-order valence-corrected chi connectivity index (χ3v) is 4.50. The fourth-order valence-electron chi connectivity index (χ4n) is 3.18. The molecule has 6 nitrogen and oxygen atoms in total. The van der Waals surface area contributed by atoms with Crippen LogP contribution in [0.15, 0.2) is 48.7 Å². The lowest BCUT2D eigenvalue weighted by atomic mass is 10.0. The molecule has 2 aromatic rings. The first-order valence-corrected chi connectivity index (χ1v) is 8.99. The van der Waals surface area contributed by atoms with E-state index in [1.165, 1.54) is 0 Å². The lowest BCUT2D eigenvalue weighted by Gasteiger charge is -2.36. The second-order valence-electron chi connectivity index (χ2n) is 6.45. The number of benzene rings is 1. The SMILES string of the molecule is CCOc1cccc(C(=O)N[C@H]2CCN(Cc3ccccn3)C[C@@H]2O)c1. The van der Waals surface area contributed by atoms with Gasteiger partial charge < -0.3 is 15.2 Å². The molecular weight excluding hydrogens is 330 g/mol. The first-order valence-electron chi connectivity index (χ1n) is 8.99. The van der Waals surface area contributed by atoms with E-state index in [1.807, 2.05) is 31.2 Å². The molecule has 1 saturated heterocycles. The molecule has 2 atom stereocenters. The van der Waals surface area contributed by atoms with Gasteiger partial charge in [-0.3, -0.25) is 14.7 Å².